The van der Waals surface area contributed by atoms with Crippen LogP contribution in [-0.2, 0) is 13.0 Å². The Bertz CT molecular complexity index is 376. The number of likely N-dealkylation sites (N-methyl/N-ethyl adjacent to an activating group) is 1. The molecule has 0 atom stereocenters. The fraction of sp³-hybridized carbons (Fsp3) is 0.583. The summed E-state index contributed by atoms with van der Waals surface area (Å²) in [5, 5.41) is 4.62. The lowest BCUT2D eigenvalue weighted by atomic mass is 10.1. The average molecular weight is 205 g/mol. The number of nitrogens with zero attached hydrogens (tertiary/aromatic N) is 3. The van der Waals surface area contributed by atoms with Crippen LogP contribution < -0.4 is 0 Å². The summed E-state index contributed by atoms with van der Waals surface area (Å²) in [5.74, 6) is 0.510. The highest BCUT2D eigenvalue weighted by molar-refractivity contribution is 5.16. The van der Waals surface area contributed by atoms with Crippen molar-refractivity contribution in [1.82, 2.24) is 14.7 Å². The van der Waals surface area contributed by atoms with E-state index < -0.39 is 0 Å². The first-order valence-corrected chi connectivity index (χ1v) is 5.53. The number of fused-ring (bicyclic) bond motifs is 1. The molecule has 82 valence electrons. The number of aromatic nitrogens is 2. The van der Waals surface area contributed by atoms with Crippen LogP contribution in [-0.4, -0.2) is 28.3 Å². The third-order valence-corrected chi connectivity index (χ3v) is 3.05. The summed E-state index contributed by atoms with van der Waals surface area (Å²) in [6, 6.07) is 2.23. The molecule has 0 saturated carbocycles. The SMILES string of the molecule is C=C1Cn2nc(C(C)C)cc2CCN1C. The van der Waals surface area contributed by atoms with E-state index in [1.807, 2.05) is 0 Å². The van der Waals surface area contributed by atoms with Gasteiger partial charge in [0.05, 0.1) is 12.2 Å². The maximum atomic E-state index is 4.62. The zero-order chi connectivity index (χ0) is 11.0. The molecule has 0 bridgehead atoms. The number of hydrogen-bond donors (Lipinski definition) is 0. The molecule has 0 saturated heterocycles. The van der Waals surface area contributed by atoms with Crippen molar-refractivity contribution in [1.29, 1.82) is 0 Å². The predicted octanol–water partition coefficient (Wildman–Crippen LogP) is 2.01. The van der Waals surface area contributed by atoms with E-state index in [1.165, 1.54) is 11.4 Å². The topological polar surface area (TPSA) is 21.1 Å². The molecular weight excluding hydrogens is 186 g/mol. The molecule has 0 spiro atoms. The van der Waals surface area contributed by atoms with Gasteiger partial charge in [0.25, 0.3) is 0 Å². The van der Waals surface area contributed by atoms with Gasteiger partial charge < -0.3 is 4.90 Å². The van der Waals surface area contributed by atoms with Crippen LogP contribution in [0.3, 0.4) is 0 Å². The lowest BCUT2D eigenvalue weighted by Crippen LogP contribution is -2.19. The minimum atomic E-state index is 0.510. The van der Waals surface area contributed by atoms with Crippen LogP contribution in [0.15, 0.2) is 18.3 Å². The molecule has 1 aromatic rings. The fourth-order valence-corrected chi connectivity index (χ4v) is 1.83. The van der Waals surface area contributed by atoms with Crippen molar-refractivity contribution in [3.63, 3.8) is 0 Å². The quantitative estimate of drug-likeness (QED) is 0.699. The number of allylic oxidation sites excluding steroid dienone is 1. The highest BCUT2D eigenvalue weighted by atomic mass is 15.3. The predicted molar refractivity (Wildman–Crippen MR) is 61.8 cm³/mol. The van der Waals surface area contributed by atoms with Gasteiger partial charge in [-0.15, -0.1) is 0 Å². The van der Waals surface area contributed by atoms with Gasteiger partial charge in [-0.3, -0.25) is 4.68 Å². The van der Waals surface area contributed by atoms with E-state index in [2.05, 4.69) is 48.2 Å². The molecule has 0 aromatic carbocycles. The fourth-order valence-electron chi connectivity index (χ4n) is 1.83. The minimum Gasteiger partial charge on any atom is -0.376 e. The number of rotatable bonds is 1. The molecule has 1 aliphatic rings. The van der Waals surface area contributed by atoms with Crippen LogP contribution in [0, 0.1) is 0 Å². The van der Waals surface area contributed by atoms with Crippen molar-refractivity contribution in [3.8, 4) is 0 Å². The third kappa shape index (κ3) is 1.91. The molecule has 3 nitrogen and oxygen atoms in total. The van der Waals surface area contributed by atoms with Gasteiger partial charge in [0.2, 0.25) is 0 Å². The van der Waals surface area contributed by atoms with Gasteiger partial charge in [-0.25, -0.2) is 0 Å². The van der Waals surface area contributed by atoms with Gasteiger partial charge in [-0.1, -0.05) is 20.4 Å². The maximum Gasteiger partial charge on any atom is 0.0805 e. The van der Waals surface area contributed by atoms with E-state index in [0.29, 0.717) is 5.92 Å². The second kappa shape index (κ2) is 3.72. The second-order valence-electron chi connectivity index (χ2n) is 4.61. The molecule has 15 heavy (non-hydrogen) atoms. The summed E-state index contributed by atoms with van der Waals surface area (Å²) < 4.78 is 2.10. The van der Waals surface area contributed by atoms with Gasteiger partial charge in [-0.05, 0) is 12.0 Å². The largest absolute Gasteiger partial charge is 0.376 e. The Labute approximate surface area is 91.4 Å². The van der Waals surface area contributed by atoms with Gasteiger partial charge in [-0.2, -0.15) is 5.10 Å². The van der Waals surface area contributed by atoms with Crippen molar-refractivity contribution in [3.05, 3.63) is 29.7 Å². The molecule has 0 N–H and O–H groups in total. The van der Waals surface area contributed by atoms with Crippen LogP contribution in [0.5, 0.6) is 0 Å². The summed E-state index contributed by atoms with van der Waals surface area (Å²) in [4.78, 5) is 2.21. The first-order valence-electron chi connectivity index (χ1n) is 5.53. The van der Waals surface area contributed by atoms with E-state index >= 15 is 0 Å². The molecule has 0 unspecified atom stereocenters. The summed E-state index contributed by atoms with van der Waals surface area (Å²) in [6.45, 7) is 10.3. The molecule has 0 radical (unpaired) electrons. The molecule has 0 aliphatic carbocycles. The highest BCUT2D eigenvalue weighted by Crippen LogP contribution is 2.19. The first kappa shape index (κ1) is 10.3. The molecule has 1 aliphatic heterocycles. The molecule has 1 aromatic heterocycles. The van der Waals surface area contributed by atoms with Crippen molar-refractivity contribution in [2.75, 3.05) is 13.6 Å². The van der Waals surface area contributed by atoms with Gasteiger partial charge >= 0.3 is 0 Å². The van der Waals surface area contributed by atoms with E-state index in [9.17, 15) is 0 Å². The zero-order valence-corrected chi connectivity index (χ0v) is 9.82. The Morgan fingerprint density at radius 1 is 1.47 bits per heavy atom. The standard InChI is InChI=1S/C12H19N3/c1-9(2)12-7-11-5-6-14(4)10(3)8-15(11)13-12/h7,9H,3,5-6,8H2,1-2,4H3. The Balaban J connectivity index is 2.30. The summed E-state index contributed by atoms with van der Waals surface area (Å²) in [6.07, 6.45) is 1.06. The second-order valence-corrected chi connectivity index (χ2v) is 4.61. The van der Waals surface area contributed by atoms with Crippen LogP contribution in [0.1, 0.15) is 31.2 Å². The summed E-state index contributed by atoms with van der Waals surface area (Å²) in [5.41, 5.74) is 3.68. The van der Waals surface area contributed by atoms with Crippen molar-refractivity contribution < 1.29 is 0 Å². The van der Waals surface area contributed by atoms with Crippen molar-refractivity contribution in [2.45, 2.75) is 32.7 Å². The van der Waals surface area contributed by atoms with E-state index in [0.717, 1.165) is 25.2 Å². The summed E-state index contributed by atoms with van der Waals surface area (Å²) >= 11 is 0. The smallest absolute Gasteiger partial charge is 0.0805 e. The molecule has 0 fully saturated rings. The molecule has 0 amide bonds. The van der Waals surface area contributed by atoms with E-state index in [4.69, 9.17) is 0 Å². The van der Waals surface area contributed by atoms with Gasteiger partial charge in [0, 0.05) is 31.4 Å². The zero-order valence-electron chi connectivity index (χ0n) is 9.82. The average Bonchev–Trinajstić information content (AvgIpc) is 2.52. The van der Waals surface area contributed by atoms with E-state index in [1.54, 1.807) is 0 Å². The molecular formula is C12H19N3. The Hall–Kier alpha value is -1.25. The molecule has 2 heterocycles. The monoisotopic (exact) mass is 205 g/mol. The van der Waals surface area contributed by atoms with Crippen LogP contribution in [0.25, 0.3) is 0 Å². The lowest BCUT2D eigenvalue weighted by Gasteiger charge is -2.17. The van der Waals surface area contributed by atoms with Crippen molar-refractivity contribution >= 4 is 0 Å². The van der Waals surface area contributed by atoms with Gasteiger partial charge in [0.15, 0.2) is 0 Å². The number of hydrogen-bond acceptors (Lipinski definition) is 2. The lowest BCUT2D eigenvalue weighted by molar-refractivity contribution is 0.414. The maximum absolute atomic E-state index is 4.62. The Morgan fingerprint density at radius 2 is 2.20 bits per heavy atom. The van der Waals surface area contributed by atoms with Crippen LogP contribution in [0.4, 0.5) is 0 Å². The Morgan fingerprint density at radius 3 is 2.87 bits per heavy atom. The summed E-state index contributed by atoms with van der Waals surface area (Å²) in [7, 11) is 2.10. The van der Waals surface area contributed by atoms with E-state index in [-0.39, 0.29) is 0 Å². The third-order valence-electron chi connectivity index (χ3n) is 3.05. The minimum absolute atomic E-state index is 0.510. The normalized spacial score (nSPS) is 16.8. The Kier molecular flexibility index (Phi) is 2.55. The first-order chi connectivity index (χ1) is 7.08. The van der Waals surface area contributed by atoms with Crippen LogP contribution in [0.2, 0.25) is 0 Å². The van der Waals surface area contributed by atoms with Crippen LogP contribution >= 0.6 is 0 Å². The highest BCUT2D eigenvalue weighted by Gasteiger charge is 2.16. The van der Waals surface area contributed by atoms with Gasteiger partial charge in [0.1, 0.15) is 0 Å². The van der Waals surface area contributed by atoms with Crippen molar-refractivity contribution in [2.24, 2.45) is 0 Å². The molecule has 3 heteroatoms. The molecule has 2 rings (SSSR count).